The molecule has 0 radical (unpaired) electrons. The van der Waals surface area contributed by atoms with Gasteiger partial charge in [-0.15, -0.1) is 0 Å². The Morgan fingerprint density at radius 1 is 1.00 bits per heavy atom. The van der Waals surface area contributed by atoms with Crippen molar-refractivity contribution in [3.05, 3.63) is 66.2 Å². The maximum Gasteiger partial charge on any atom is 0.246 e. The number of nitrogens with one attached hydrogen (secondary N) is 1. The van der Waals surface area contributed by atoms with Crippen molar-refractivity contribution in [1.29, 1.82) is 0 Å². The third-order valence-corrected chi connectivity index (χ3v) is 4.22. The van der Waals surface area contributed by atoms with Gasteiger partial charge in [-0.2, -0.15) is 0 Å². The van der Waals surface area contributed by atoms with E-state index in [0.29, 0.717) is 0 Å². The van der Waals surface area contributed by atoms with Crippen LogP contribution in [0.1, 0.15) is 25.5 Å². The zero-order chi connectivity index (χ0) is 16.9. The normalized spacial score (nSPS) is 22.8. The van der Waals surface area contributed by atoms with Crippen LogP contribution in [-0.4, -0.2) is 36.1 Å². The molecule has 3 rings (SSSR count). The minimum Gasteiger partial charge on any atom is -0.373 e. The van der Waals surface area contributed by atoms with Gasteiger partial charge in [0.15, 0.2) is 0 Å². The topological polar surface area (TPSA) is 41.6 Å². The van der Waals surface area contributed by atoms with E-state index in [1.165, 1.54) is 0 Å². The van der Waals surface area contributed by atoms with Crippen LogP contribution in [0, 0.1) is 0 Å². The van der Waals surface area contributed by atoms with Crippen LogP contribution in [0.2, 0.25) is 0 Å². The van der Waals surface area contributed by atoms with Gasteiger partial charge in [-0.05, 0) is 31.5 Å². The average Bonchev–Trinajstić information content (AvgIpc) is 2.56. The lowest BCUT2D eigenvalue weighted by molar-refractivity contribution is -0.128. The summed E-state index contributed by atoms with van der Waals surface area (Å²) in [5.41, 5.74) is 1.82. The largest absolute Gasteiger partial charge is 0.373 e. The lowest BCUT2D eigenvalue weighted by atomic mass is 10.0. The number of carbonyl (C=O) groups excluding carboxylic acids is 1. The van der Waals surface area contributed by atoms with Crippen molar-refractivity contribution < 1.29 is 9.53 Å². The van der Waals surface area contributed by atoms with E-state index in [1.807, 2.05) is 60.7 Å². The van der Waals surface area contributed by atoms with Gasteiger partial charge >= 0.3 is 0 Å². The molecule has 3 atom stereocenters. The second kappa shape index (κ2) is 7.60. The number of ether oxygens (including phenoxy) is 1. The Kier molecular flexibility index (Phi) is 5.28. The average molecular weight is 324 g/mol. The number of nitrogens with zero attached hydrogens (tertiary/aromatic N) is 1. The van der Waals surface area contributed by atoms with Crippen molar-refractivity contribution in [1.82, 2.24) is 4.90 Å². The fourth-order valence-corrected chi connectivity index (χ4v) is 3.32. The summed E-state index contributed by atoms with van der Waals surface area (Å²) in [5, 5.41) is 3.05. The van der Waals surface area contributed by atoms with Gasteiger partial charge in [0.05, 0.1) is 12.2 Å². The summed E-state index contributed by atoms with van der Waals surface area (Å²) in [5.74, 6) is -0.00583. The number of hydrogen-bond acceptors (Lipinski definition) is 3. The van der Waals surface area contributed by atoms with Crippen molar-refractivity contribution >= 4 is 11.6 Å². The Bertz CT molecular complexity index is 650. The Morgan fingerprint density at radius 2 is 1.54 bits per heavy atom. The Balaban J connectivity index is 1.86. The van der Waals surface area contributed by atoms with E-state index in [2.05, 4.69) is 24.1 Å². The van der Waals surface area contributed by atoms with Crippen LogP contribution >= 0.6 is 0 Å². The van der Waals surface area contributed by atoms with Crippen molar-refractivity contribution in [3.63, 3.8) is 0 Å². The van der Waals surface area contributed by atoms with E-state index in [0.717, 1.165) is 24.3 Å². The van der Waals surface area contributed by atoms with E-state index < -0.39 is 0 Å². The predicted octanol–water partition coefficient (Wildman–Crippen LogP) is 3.48. The van der Waals surface area contributed by atoms with E-state index in [-0.39, 0.29) is 24.2 Å². The standard InChI is InChI=1S/C20H24N2O2/c1-15-13-22(14-16(2)24-15)19(17-9-5-3-6-10-17)20(23)21-18-11-7-4-8-12-18/h3-12,15-16,19H,13-14H2,1-2H3,(H,21,23)/t15-,16-,19+/m1/s1. The highest BCUT2D eigenvalue weighted by Gasteiger charge is 2.33. The summed E-state index contributed by atoms with van der Waals surface area (Å²) < 4.78 is 5.83. The fourth-order valence-electron chi connectivity index (χ4n) is 3.32. The molecule has 0 bridgehead atoms. The second-order valence-corrected chi connectivity index (χ2v) is 6.38. The summed E-state index contributed by atoms with van der Waals surface area (Å²) in [4.78, 5) is 15.2. The van der Waals surface area contributed by atoms with Crippen LogP contribution < -0.4 is 5.32 Å². The van der Waals surface area contributed by atoms with E-state index in [4.69, 9.17) is 4.74 Å². The number of benzene rings is 2. The molecule has 1 fully saturated rings. The third kappa shape index (κ3) is 4.02. The summed E-state index contributed by atoms with van der Waals surface area (Å²) >= 11 is 0. The lowest BCUT2D eigenvalue weighted by Crippen LogP contribution is -2.49. The van der Waals surface area contributed by atoms with Crippen LogP contribution in [-0.2, 0) is 9.53 Å². The molecule has 0 aromatic heterocycles. The highest BCUT2D eigenvalue weighted by Crippen LogP contribution is 2.26. The van der Waals surface area contributed by atoms with Crippen LogP contribution in [0.25, 0.3) is 0 Å². The first kappa shape index (κ1) is 16.7. The van der Waals surface area contributed by atoms with Gasteiger partial charge < -0.3 is 10.1 Å². The van der Waals surface area contributed by atoms with Crippen molar-refractivity contribution in [2.75, 3.05) is 18.4 Å². The number of hydrogen-bond donors (Lipinski definition) is 1. The number of carbonyl (C=O) groups is 1. The molecular weight excluding hydrogens is 300 g/mol. The smallest absolute Gasteiger partial charge is 0.246 e. The summed E-state index contributed by atoms with van der Waals surface area (Å²) in [6.45, 7) is 5.60. The molecule has 2 aromatic rings. The first-order valence-corrected chi connectivity index (χ1v) is 8.44. The number of amides is 1. The maximum absolute atomic E-state index is 13.0. The van der Waals surface area contributed by atoms with Gasteiger partial charge in [0.25, 0.3) is 0 Å². The van der Waals surface area contributed by atoms with E-state index in [1.54, 1.807) is 0 Å². The Morgan fingerprint density at radius 3 is 2.12 bits per heavy atom. The Hall–Kier alpha value is -2.17. The number of rotatable bonds is 4. The fraction of sp³-hybridized carbons (Fsp3) is 0.350. The molecule has 2 aromatic carbocycles. The van der Waals surface area contributed by atoms with Gasteiger partial charge in [-0.25, -0.2) is 0 Å². The number of anilines is 1. The van der Waals surface area contributed by atoms with Crippen LogP contribution in [0.5, 0.6) is 0 Å². The summed E-state index contributed by atoms with van der Waals surface area (Å²) in [6, 6.07) is 19.2. The van der Waals surface area contributed by atoms with Crippen molar-refractivity contribution in [2.45, 2.75) is 32.1 Å². The molecule has 1 aliphatic rings. The molecule has 24 heavy (non-hydrogen) atoms. The molecule has 4 heteroatoms. The van der Waals surface area contributed by atoms with Crippen molar-refractivity contribution in [3.8, 4) is 0 Å². The maximum atomic E-state index is 13.0. The van der Waals surface area contributed by atoms with E-state index in [9.17, 15) is 4.79 Å². The number of para-hydroxylation sites is 1. The van der Waals surface area contributed by atoms with Gasteiger partial charge in [0.2, 0.25) is 5.91 Å². The predicted molar refractivity (Wildman–Crippen MR) is 95.8 cm³/mol. The molecule has 0 spiro atoms. The quantitative estimate of drug-likeness (QED) is 0.936. The highest BCUT2D eigenvalue weighted by atomic mass is 16.5. The Labute approximate surface area is 143 Å². The molecule has 1 amide bonds. The first-order valence-electron chi connectivity index (χ1n) is 8.44. The molecule has 1 saturated heterocycles. The zero-order valence-corrected chi connectivity index (χ0v) is 14.2. The minimum absolute atomic E-state index is 0.00583. The van der Waals surface area contributed by atoms with Gasteiger partial charge in [0.1, 0.15) is 6.04 Å². The lowest BCUT2D eigenvalue weighted by Gasteiger charge is -2.39. The van der Waals surface area contributed by atoms with Crippen LogP contribution in [0.4, 0.5) is 5.69 Å². The van der Waals surface area contributed by atoms with Gasteiger partial charge in [-0.3, -0.25) is 9.69 Å². The number of morpholine rings is 1. The molecule has 1 N–H and O–H groups in total. The molecule has 126 valence electrons. The second-order valence-electron chi connectivity index (χ2n) is 6.38. The zero-order valence-electron chi connectivity index (χ0n) is 14.2. The highest BCUT2D eigenvalue weighted by molar-refractivity contribution is 5.95. The van der Waals surface area contributed by atoms with Gasteiger partial charge in [0, 0.05) is 18.8 Å². The van der Waals surface area contributed by atoms with Crippen LogP contribution in [0.15, 0.2) is 60.7 Å². The molecular formula is C20H24N2O2. The molecule has 1 heterocycles. The van der Waals surface area contributed by atoms with E-state index >= 15 is 0 Å². The molecule has 0 aliphatic carbocycles. The van der Waals surface area contributed by atoms with Gasteiger partial charge in [-0.1, -0.05) is 48.5 Å². The van der Waals surface area contributed by atoms with Crippen molar-refractivity contribution in [2.24, 2.45) is 0 Å². The molecule has 1 aliphatic heterocycles. The molecule has 4 nitrogen and oxygen atoms in total. The first-order chi connectivity index (χ1) is 11.6. The molecule has 0 unspecified atom stereocenters. The monoisotopic (exact) mass is 324 g/mol. The summed E-state index contributed by atoms with van der Waals surface area (Å²) in [6.07, 6.45) is 0.231. The van der Waals surface area contributed by atoms with Crippen LogP contribution in [0.3, 0.4) is 0 Å². The molecule has 0 saturated carbocycles. The minimum atomic E-state index is -0.319. The SMILES string of the molecule is C[C@@H]1CN([C@H](C(=O)Nc2ccccc2)c2ccccc2)C[C@@H](C)O1. The third-order valence-electron chi connectivity index (χ3n) is 4.22. The summed E-state index contributed by atoms with van der Waals surface area (Å²) in [7, 11) is 0.